The van der Waals surface area contributed by atoms with Crippen LogP contribution in [0.5, 0.6) is 0 Å². The zero-order valence-electron chi connectivity index (χ0n) is 9.51. The van der Waals surface area contributed by atoms with Crippen molar-refractivity contribution in [1.29, 1.82) is 0 Å². The van der Waals surface area contributed by atoms with Crippen LogP contribution in [-0.4, -0.2) is 11.1 Å². The molecule has 0 aliphatic rings. The van der Waals surface area contributed by atoms with Gasteiger partial charge in [0, 0.05) is 6.04 Å². The molecule has 0 saturated carbocycles. The van der Waals surface area contributed by atoms with Gasteiger partial charge in [0.25, 0.3) is 0 Å². The minimum Gasteiger partial charge on any atom is -0.478 e. The summed E-state index contributed by atoms with van der Waals surface area (Å²) in [5.41, 5.74) is 7.00. The van der Waals surface area contributed by atoms with Gasteiger partial charge >= 0.3 is 5.97 Å². The van der Waals surface area contributed by atoms with E-state index in [0.717, 1.165) is 12.0 Å². The number of benzene rings is 1. The number of carbonyl (C=O) groups is 1. The van der Waals surface area contributed by atoms with E-state index in [1.165, 1.54) is 0 Å². The third kappa shape index (κ3) is 3.83. The SMILES string of the molecule is CC(C)C[C@H](N)c1ccccc1C(=O)O.Cl. The Labute approximate surface area is 102 Å². The molecule has 0 aliphatic heterocycles. The zero-order valence-corrected chi connectivity index (χ0v) is 10.3. The van der Waals surface area contributed by atoms with Crippen molar-refractivity contribution in [2.24, 2.45) is 11.7 Å². The Morgan fingerprint density at radius 1 is 1.38 bits per heavy atom. The van der Waals surface area contributed by atoms with E-state index in [1.54, 1.807) is 18.2 Å². The van der Waals surface area contributed by atoms with Gasteiger partial charge in [0.05, 0.1) is 5.56 Å². The molecular formula is C12H18ClNO2. The van der Waals surface area contributed by atoms with E-state index >= 15 is 0 Å². The Balaban J connectivity index is 0.00000225. The Morgan fingerprint density at radius 2 is 1.94 bits per heavy atom. The van der Waals surface area contributed by atoms with E-state index in [1.807, 2.05) is 6.07 Å². The molecule has 0 amide bonds. The third-order valence-electron chi connectivity index (χ3n) is 2.32. The van der Waals surface area contributed by atoms with Crippen molar-refractivity contribution in [3.05, 3.63) is 35.4 Å². The molecule has 3 nitrogen and oxygen atoms in total. The maximum absolute atomic E-state index is 11.0. The highest BCUT2D eigenvalue weighted by Crippen LogP contribution is 2.22. The maximum atomic E-state index is 11.0. The summed E-state index contributed by atoms with van der Waals surface area (Å²) in [6.07, 6.45) is 0.796. The summed E-state index contributed by atoms with van der Waals surface area (Å²) >= 11 is 0. The van der Waals surface area contributed by atoms with Gasteiger partial charge < -0.3 is 10.8 Å². The third-order valence-corrected chi connectivity index (χ3v) is 2.32. The van der Waals surface area contributed by atoms with Gasteiger partial charge in [-0.15, -0.1) is 12.4 Å². The molecular weight excluding hydrogens is 226 g/mol. The van der Waals surface area contributed by atoms with Gasteiger partial charge in [-0.2, -0.15) is 0 Å². The number of hydrogen-bond donors (Lipinski definition) is 2. The molecule has 16 heavy (non-hydrogen) atoms. The predicted octanol–water partition coefficient (Wildman–Crippen LogP) is 2.85. The van der Waals surface area contributed by atoms with Crippen LogP contribution in [0.2, 0.25) is 0 Å². The van der Waals surface area contributed by atoms with Crippen LogP contribution in [0.25, 0.3) is 0 Å². The second-order valence-electron chi connectivity index (χ2n) is 4.13. The lowest BCUT2D eigenvalue weighted by atomic mass is 9.94. The van der Waals surface area contributed by atoms with Crippen LogP contribution in [0.3, 0.4) is 0 Å². The molecule has 0 radical (unpaired) electrons. The van der Waals surface area contributed by atoms with Gasteiger partial charge in [0.1, 0.15) is 0 Å². The lowest BCUT2D eigenvalue weighted by Gasteiger charge is -2.16. The Bertz CT molecular complexity index is 353. The Hall–Kier alpha value is -1.06. The zero-order chi connectivity index (χ0) is 11.4. The van der Waals surface area contributed by atoms with E-state index in [-0.39, 0.29) is 18.4 Å². The molecule has 0 aromatic heterocycles. The summed E-state index contributed by atoms with van der Waals surface area (Å²) in [4.78, 5) is 11.0. The maximum Gasteiger partial charge on any atom is 0.336 e. The summed E-state index contributed by atoms with van der Waals surface area (Å²) in [5.74, 6) is -0.452. The number of nitrogens with two attached hydrogens (primary N) is 1. The van der Waals surface area contributed by atoms with Gasteiger partial charge in [-0.3, -0.25) is 0 Å². The highest BCUT2D eigenvalue weighted by molar-refractivity contribution is 5.89. The largest absolute Gasteiger partial charge is 0.478 e. The minimum absolute atomic E-state index is 0. The van der Waals surface area contributed by atoms with Crippen LogP contribution in [0.1, 0.15) is 42.2 Å². The van der Waals surface area contributed by atoms with Gasteiger partial charge in [-0.1, -0.05) is 32.0 Å². The molecule has 0 fully saturated rings. The molecule has 0 bridgehead atoms. The first-order chi connectivity index (χ1) is 7.02. The minimum atomic E-state index is -0.912. The fourth-order valence-corrected chi connectivity index (χ4v) is 1.65. The van der Waals surface area contributed by atoms with Crippen molar-refractivity contribution in [1.82, 2.24) is 0 Å². The van der Waals surface area contributed by atoms with Gasteiger partial charge in [-0.25, -0.2) is 4.79 Å². The van der Waals surface area contributed by atoms with Crippen LogP contribution in [0.4, 0.5) is 0 Å². The fourth-order valence-electron chi connectivity index (χ4n) is 1.65. The molecule has 4 heteroatoms. The lowest BCUT2D eigenvalue weighted by molar-refractivity contribution is 0.0695. The number of carboxylic acid groups (broad SMARTS) is 1. The average molecular weight is 244 g/mol. The summed E-state index contributed by atoms with van der Waals surface area (Å²) in [5, 5.41) is 8.99. The summed E-state index contributed by atoms with van der Waals surface area (Å²) < 4.78 is 0. The molecule has 90 valence electrons. The number of rotatable bonds is 4. The topological polar surface area (TPSA) is 63.3 Å². The van der Waals surface area contributed by atoms with E-state index in [2.05, 4.69) is 13.8 Å². The Kier molecular flexibility index (Phi) is 6.08. The number of hydrogen-bond acceptors (Lipinski definition) is 2. The second-order valence-corrected chi connectivity index (χ2v) is 4.13. The van der Waals surface area contributed by atoms with E-state index in [9.17, 15) is 4.79 Å². The summed E-state index contributed by atoms with van der Waals surface area (Å²) in [6.45, 7) is 4.15. The highest BCUT2D eigenvalue weighted by atomic mass is 35.5. The van der Waals surface area contributed by atoms with E-state index < -0.39 is 5.97 Å². The molecule has 0 aliphatic carbocycles. The summed E-state index contributed by atoms with van der Waals surface area (Å²) in [7, 11) is 0. The summed E-state index contributed by atoms with van der Waals surface area (Å²) in [6, 6.07) is 6.73. The van der Waals surface area contributed by atoms with Crippen molar-refractivity contribution in [3.8, 4) is 0 Å². The quantitative estimate of drug-likeness (QED) is 0.855. The van der Waals surface area contributed by atoms with Crippen molar-refractivity contribution in [2.45, 2.75) is 26.3 Å². The first-order valence-electron chi connectivity index (χ1n) is 5.10. The number of halogens is 1. The standard InChI is InChI=1S/C12H17NO2.ClH/c1-8(2)7-11(13)9-5-3-4-6-10(9)12(14)15;/h3-6,8,11H,7,13H2,1-2H3,(H,14,15);1H/t11-;/m0./s1. The molecule has 1 aromatic carbocycles. The van der Waals surface area contributed by atoms with Gasteiger partial charge in [0.15, 0.2) is 0 Å². The van der Waals surface area contributed by atoms with Crippen molar-refractivity contribution >= 4 is 18.4 Å². The first-order valence-corrected chi connectivity index (χ1v) is 5.10. The van der Waals surface area contributed by atoms with E-state index in [4.69, 9.17) is 10.8 Å². The van der Waals surface area contributed by atoms with Crippen molar-refractivity contribution in [3.63, 3.8) is 0 Å². The van der Waals surface area contributed by atoms with Gasteiger partial charge in [0.2, 0.25) is 0 Å². The molecule has 0 unspecified atom stereocenters. The lowest BCUT2D eigenvalue weighted by Crippen LogP contribution is -2.16. The van der Waals surface area contributed by atoms with Crippen LogP contribution < -0.4 is 5.73 Å². The van der Waals surface area contributed by atoms with Crippen LogP contribution in [0.15, 0.2) is 24.3 Å². The monoisotopic (exact) mass is 243 g/mol. The number of carboxylic acids is 1. The number of aromatic carboxylic acids is 1. The van der Waals surface area contributed by atoms with E-state index in [0.29, 0.717) is 11.5 Å². The molecule has 3 N–H and O–H groups in total. The molecule has 1 atom stereocenters. The molecule has 0 heterocycles. The second kappa shape index (κ2) is 6.51. The predicted molar refractivity (Wildman–Crippen MR) is 67.0 cm³/mol. The average Bonchev–Trinajstić information content (AvgIpc) is 2.16. The molecule has 0 spiro atoms. The van der Waals surface area contributed by atoms with Gasteiger partial charge in [-0.05, 0) is 24.0 Å². The first kappa shape index (κ1) is 14.9. The van der Waals surface area contributed by atoms with Crippen molar-refractivity contribution < 1.29 is 9.90 Å². The van der Waals surface area contributed by atoms with Crippen LogP contribution >= 0.6 is 12.4 Å². The molecule has 1 aromatic rings. The molecule has 1 rings (SSSR count). The molecule has 0 saturated heterocycles. The van der Waals surface area contributed by atoms with Crippen molar-refractivity contribution in [2.75, 3.05) is 0 Å². The van der Waals surface area contributed by atoms with Crippen LogP contribution in [0, 0.1) is 5.92 Å². The fraction of sp³-hybridized carbons (Fsp3) is 0.417. The smallest absolute Gasteiger partial charge is 0.336 e. The normalized spacial score (nSPS) is 12.0. The van der Waals surface area contributed by atoms with Crippen LogP contribution in [-0.2, 0) is 0 Å². The highest BCUT2D eigenvalue weighted by Gasteiger charge is 2.15. The Morgan fingerprint density at radius 3 is 2.44 bits per heavy atom.